The lowest BCUT2D eigenvalue weighted by Gasteiger charge is -2.42. The summed E-state index contributed by atoms with van der Waals surface area (Å²) in [5.41, 5.74) is 0.437. The van der Waals surface area contributed by atoms with Crippen molar-refractivity contribution in [2.24, 2.45) is 10.4 Å². The Morgan fingerprint density at radius 1 is 1.48 bits per heavy atom. The van der Waals surface area contributed by atoms with Crippen LogP contribution in [0.2, 0.25) is 0 Å². The van der Waals surface area contributed by atoms with Gasteiger partial charge in [-0.15, -0.1) is 0 Å². The summed E-state index contributed by atoms with van der Waals surface area (Å²) in [6, 6.07) is 1.95. The van der Waals surface area contributed by atoms with E-state index in [1.165, 1.54) is 25.7 Å². The zero-order valence-electron chi connectivity index (χ0n) is 13.7. The number of rotatable bonds is 5. The normalized spacial score (nSPS) is 23.4. The average molecular weight is 291 g/mol. The molecule has 2 heterocycles. The van der Waals surface area contributed by atoms with Crippen LogP contribution in [0.3, 0.4) is 0 Å². The van der Waals surface area contributed by atoms with E-state index < -0.39 is 0 Å². The lowest BCUT2D eigenvalue weighted by Crippen LogP contribution is -2.50. The van der Waals surface area contributed by atoms with Crippen LogP contribution >= 0.6 is 0 Å². The van der Waals surface area contributed by atoms with Crippen molar-refractivity contribution in [1.29, 1.82) is 0 Å². The number of hydrogen-bond donors (Lipinski definition) is 1. The molecule has 21 heavy (non-hydrogen) atoms. The van der Waals surface area contributed by atoms with Gasteiger partial charge in [0, 0.05) is 39.1 Å². The van der Waals surface area contributed by atoms with Gasteiger partial charge in [0.25, 0.3) is 0 Å². The van der Waals surface area contributed by atoms with Crippen LogP contribution in [0.5, 0.6) is 0 Å². The third-order valence-corrected chi connectivity index (χ3v) is 4.33. The van der Waals surface area contributed by atoms with E-state index in [0.29, 0.717) is 5.41 Å². The molecule has 1 aliphatic heterocycles. The van der Waals surface area contributed by atoms with E-state index in [1.807, 2.05) is 30.2 Å². The van der Waals surface area contributed by atoms with Crippen LogP contribution in [0.4, 0.5) is 0 Å². The monoisotopic (exact) mass is 291 g/mol. The Balaban J connectivity index is 1.85. The van der Waals surface area contributed by atoms with Crippen LogP contribution < -0.4 is 5.32 Å². The van der Waals surface area contributed by atoms with Crippen molar-refractivity contribution < 1.29 is 0 Å². The molecule has 118 valence electrons. The first-order valence-corrected chi connectivity index (χ1v) is 8.10. The molecule has 2 rings (SSSR count). The zero-order valence-corrected chi connectivity index (χ0v) is 13.7. The summed E-state index contributed by atoms with van der Waals surface area (Å²) in [6.07, 6.45) is 8.96. The highest BCUT2D eigenvalue weighted by atomic mass is 15.3. The number of piperidine rings is 1. The highest BCUT2D eigenvalue weighted by Gasteiger charge is 2.31. The second-order valence-electron chi connectivity index (χ2n) is 6.33. The molecule has 0 saturated carbocycles. The lowest BCUT2D eigenvalue weighted by atomic mass is 9.78. The van der Waals surface area contributed by atoms with E-state index >= 15 is 0 Å². The Bertz CT molecular complexity index is 436. The molecule has 5 nitrogen and oxygen atoms in total. The van der Waals surface area contributed by atoms with Crippen molar-refractivity contribution in [3.63, 3.8) is 0 Å². The van der Waals surface area contributed by atoms with Gasteiger partial charge in [0.15, 0.2) is 5.96 Å². The van der Waals surface area contributed by atoms with Gasteiger partial charge in [-0.25, -0.2) is 0 Å². The van der Waals surface area contributed by atoms with E-state index in [0.717, 1.165) is 32.1 Å². The number of likely N-dealkylation sites (tertiary alicyclic amines) is 1. The van der Waals surface area contributed by atoms with Crippen molar-refractivity contribution in [1.82, 2.24) is 20.0 Å². The number of guanidine groups is 1. The highest BCUT2D eigenvalue weighted by Crippen LogP contribution is 2.33. The number of nitrogens with one attached hydrogen (secondary N) is 1. The number of aromatic nitrogens is 2. The van der Waals surface area contributed by atoms with Gasteiger partial charge in [-0.3, -0.25) is 9.67 Å². The van der Waals surface area contributed by atoms with Crippen molar-refractivity contribution in [2.45, 2.75) is 46.1 Å². The Labute approximate surface area is 128 Å². The SMILES string of the molecule is CCCC1(C)CCCN(C(=NC)NCCn2cccn2)C1. The van der Waals surface area contributed by atoms with Gasteiger partial charge in [0.05, 0.1) is 6.54 Å². The molecule has 0 spiro atoms. The van der Waals surface area contributed by atoms with Gasteiger partial charge in [-0.2, -0.15) is 5.10 Å². The molecule has 1 atom stereocenters. The van der Waals surface area contributed by atoms with Crippen LogP contribution in [0.25, 0.3) is 0 Å². The molecule has 1 N–H and O–H groups in total. The molecule has 0 aromatic carbocycles. The fourth-order valence-corrected chi connectivity index (χ4v) is 3.35. The molecule has 1 unspecified atom stereocenters. The predicted octanol–water partition coefficient (Wildman–Crippen LogP) is 2.36. The maximum atomic E-state index is 4.46. The standard InChI is InChI=1S/C16H29N5/c1-4-7-16(2)8-5-11-20(14-16)15(17-3)18-10-13-21-12-6-9-19-21/h6,9,12H,4-5,7-8,10-11,13-14H2,1-3H3,(H,17,18). The predicted molar refractivity (Wildman–Crippen MR) is 87.4 cm³/mol. The fourth-order valence-electron chi connectivity index (χ4n) is 3.35. The Morgan fingerprint density at radius 2 is 2.33 bits per heavy atom. The molecule has 0 bridgehead atoms. The smallest absolute Gasteiger partial charge is 0.193 e. The van der Waals surface area contributed by atoms with Gasteiger partial charge in [0.2, 0.25) is 0 Å². The minimum Gasteiger partial charge on any atom is -0.354 e. The van der Waals surface area contributed by atoms with Crippen LogP contribution in [0.1, 0.15) is 39.5 Å². The second-order valence-corrected chi connectivity index (χ2v) is 6.33. The molecule has 1 aromatic rings. The molecule has 1 fully saturated rings. The highest BCUT2D eigenvalue weighted by molar-refractivity contribution is 5.80. The zero-order chi connectivity index (χ0) is 15.1. The van der Waals surface area contributed by atoms with E-state index in [2.05, 4.69) is 34.2 Å². The molecule has 0 radical (unpaired) electrons. The Morgan fingerprint density at radius 3 is 3.00 bits per heavy atom. The third kappa shape index (κ3) is 4.48. The third-order valence-electron chi connectivity index (χ3n) is 4.33. The summed E-state index contributed by atoms with van der Waals surface area (Å²) in [5.74, 6) is 1.03. The van der Waals surface area contributed by atoms with Crippen molar-refractivity contribution >= 4 is 5.96 Å². The fraction of sp³-hybridized carbons (Fsp3) is 0.750. The maximum Gasteiger partial charge on any atom is 0.193 e. The summed E-state index contributed by atoms with van der Waals surface area (Å²) in [7, 11) is 1.88. The topological polar surface area (TPSA) is 45.5 Å². The minimum atomic E-state index is 0.437. The van der Waals surface area contributed by atoms with Crippen molar-refractivity contribution in [2.75, 3.05) is 26.7 Å². The number of hydrogen-bond acceptors (Lipinski definition) is 2. The number of nitrogens with zero attached hydrogens (tertiary/aromatic N) is 4. The van der Waals surface area contributed by atoms with Gasteiger partial charge in [0.1, 0.15) is 0 Å². The summed E-state index contributed by atoms with van der Waals surface area (Å²) in [6.45, 7) is 8.64. The quantitative estimate of drug-likeness (QED) is 0.669. The first-order valence-electron chi connectivity index (χ1n) is 8.10. The molecule has 5 heteroatoms. The summed E-state index contributed by atoms with van der Waals surface area (Å²) >= 11 is 0. The lowest BCUT2D eigenvalue weighted by molar-refractivity contribution is 0.142. The molecule has 0 aliphatic carbocycles. The molecule has 1 saturated heterocycles. The van der Waals surface area contributed by atoms with Crippen LogP contribution in [0.15, 0.2) is 23.5 Å². The largest absolute Gasteiger partial charge is 0.354 e. The van der Waals surface area contributed by atoms with E-state index in [9.17, 15) is 0 Å². The van der Waals surface area contributed by atoms with Crippen molar-refractivity contribution in [3.05, 3.63) is 18.5 Å². The van der Waals surface area contributed by atoms with Gasteiger partial charge >= 0.3 is 0 Å². The molecule has 1 aliphatic rings. The van der Waals surface area contributed by atoms with Crippen molar-refractivity contribution in [3.8, 4) is 0 Å². The molecular formula is C16H29N5. The summed E-state index contributed by atoms with van der Waals surface area (Å²) < 4.78 is 1.94. The van der Waals surface area contributed by atoms with Gasteiger partial charge in [-0.1, -0.05) is 20.3 Å². The number of aliphatic imine (C=N–C) groups is 1. The maximum absolute atomic E-state index is 4.46. The molecular weight excluding hydrogens is 262 g/mol. The molecule has 0 amide bonds. The van der Waals surface area contributed by atoms with E-state index in [1.54, 1.807) is 0 Å². The van der Waals surface area contributed by atoms with E-state index in [4.69, 9.17) is 0 Å². The van der Waals surface area contributed by atoms with Gasteiger partial charge < -0.3 is 10.2 Å². The summed E-state index contributed by atoms with van der Waals surface area (Å²) in [5, 5.41) is 7.69. The Hall–Kier alpha value is -1.52. The second kappa shape index (κ2) is 7.48. The first-order chi connectivity index (χ1) is 10.2. The van der Waals surface area contributed by atoms with Crippen LogP contribution in [0, 0.1) is 5.41 Å². The van der Waals surface area contributed by atoms with Gasteiger partial charge in [-0.05, 0) is 30.7 Å². The van der Waals surface area contributed by atoms with E-state index in [-0.39, 0.29) is 0 Å². The first kappa shape index (κ1) is 15.9. The summed E-state index contributed by atoms with van der Waals surface area (Å²) in [4.78, 5) is 6.88. The molecule has 1 aromatic heterocycles. The van der Waals surface area contributed by atoms with Crippen LogP contribution in [-0.4, -0.2) is 47.3 Å². The Kier molecular flexibility index (Phi) is 5.65. The van der Waals surface area contributed by atoms with Crippen LogP contribution in [-0.2, 0) is 6.54 Å². The average Bonchev–Trinajstić information content (AvgIpc) is 2.97. The minimum absolute atomic E-state index is 0.437.